The van der Waals surface area contributed by atoms with Crippen molar-refractivity contribution in [2.45, 2.75) is 24.3 Å². The number of piperazine rings is 1. The number of carbonyl (C=O) groups excluding carboxylic acids is 1. The van der Waals surface area contributed by atoms with Crippen LogP contribution in [0.25, 0.3) is 10.9 Å². The minimum atomic E-state index is -4.02. The van der Waals surface area contributed by atoms with Crippen molar-refractivity contribution in [3.05, 3.63) is 30.2 Å². The van der Waals surface area contributed by atoms with E-state index in [0.29, 0.717) is 12.1 Å². The quantitative estimate of drug-likeness (QED) is 0.902. The van der Waals surface area contributed by atoms with Crippen molar-refractivity contribution >= 4 is 26.8 Å². The van der Waals surface area contributed by atoms with Crippen molar-refractivity contribution in [1.29, 1.82) is 0 Å². The van der Waals surface area contributed by atoms with Gasteiger partial charge in [-0.1, -0.05) is 6.07 Å². The van der Waals surface area contributed by atoms with Gasteiger partial charge in [0.15, 0.2) is 0 Å². The SMILES string of the molecule is CN1CCN(S(=O)(=O)c2c[nH]c3cccc(F)c23)C(C)(C)C1=O. The summed E-state index contributed by atoms with van der Waals surface area (Å²) in [6.45, 7) is 3.59. The average molecular weight is 339 g/mol. The molecule has 2 heterocycles. The summed E-state index contributed by atoms with van der Waals surface area (Å²) in [4.78, 5) is 16.5. The molecule has 1 N–H and O–H groups in total. The van der Waals surface area contributed by atoms with E-state index in [1.807, 2.05) is 0 Å². The smallest absolute Gasteiger partial charge is 0.246 e. The molecule has 1 saturated heterocycles. The second kappa shape index (κ2) is 5.04. The van der Waals surface area contributed by atoms with Gasteiger partial charge in [0.2, 0.25) is 15.9 Å². The average Bonchev–Trinajstić information content (AvgIpc) is 2.90. The van der Waals surface area contributed by atoms with Crippen LogP contribution in [0.3, 0.4) is 0 Å². The first-order valence-electron chi connectivity index (χ1n) is 7.21. The zero-order valence-electron chi connectivity index (χ0n) is 13.1. The van der Waals surface area contributed by atoms with E-state index in [1.165, 1.54) is 23.2 Å². The number of fused-ring (bicyclic) bond motifs is 1. The highest BCUT2D eigenvalue weighted by molar-refractivity contribution is 7.89. The highest BCUT2D eigenvalue weighted by Gasteiger charge is 2.47. The van der Waals surface area contributed by atoms with E-state index >= 15 is 0 Å². The number of hydrogen-bond donors (Lipinski definition) is 1. The van der Waals surface area contributed by atoms with Crippen LogP contribution < -0.4 is 0 Å². The van der Waals surface area contributed by atoms with Gasteiger partial charge in [-0.15, -0.1) is 0 Å². The summed E-state index contributed by atoms with van der Waals surface area (Å²) in [6.07, 6.45) is 1.28. The molecule has 2 aromatic rings. The Balaban J connectivity index is 2.16. The monoisotopic (exact) mass is 339 g/mol. The van der Waals surface area contributed by atoms with Crippen molar-refractivity contribution in [1.82, 2.24) is 14.2 Å². The molecule has 0 bridgehead atoms. The molecule has 23 heavy (non-hydrogen) atoms. The lowest BCUT2D eigenvalue weighted by Crippen LogP contribution is -2.63. The fourth-order valence-electron chi connectivity index (χ4n) is 3.05. The maximum Gasteiger partial charge on any atom is 0.246 e. The minimum absolute atomic E-state index is 0.0228. The topological polar surface area (TPSA) is 73.5 Å². The predicted molar refractivity (Wildman–Crippen MR) is 83.9 cm³/mol. The number of likely N-dealkylation sites (N-methyl/N-ethyl adjacent to an activating group) is 1. The predicted octanol–water partition coefficient (Wildman–Crippen LogP) is 1.55. The Kier molecular flexibility index (Phi) is 3.49. The zero-order chi connectivity index (χ0) is 17.0. The number of amides is 1. The first-order valence-corrected chi connectivity index (χ1v) is 8.65. The van der Waals surface area contributed by atoms with Gasteiger partial charge in [-0.2, -0.15) is 4.31 Å². The first-order chi connectivity index (χ1) is 10.7. The molecule has 6 nitrogen and oxygen atoms in total. The second-order valence-electron chi connectivity index (χ2n) is 6.18. The van der Waals surface area contributed by atoms with Crippen molar-refractivity contribution in [2.24, 2.45) is 0 Å². The number of H-pyrrole nitrogens is 1. The summed E-state index contributed by atoms with van der Waals surface area (Å²) in [5.74, 6) is -0.895. The molecule has 124 valence electrons. The van der Waals surface area contributed by atoms with Crippen LogP contribution in [0.2, 0.25) is 0 Å². The lowest BCUT2D eigenvalue weighted by Gasteiger charge is -2.43. The molecular formula is C15H18FN3O3S. The number of halogens is 1. The molecule has 1 aromatic heterocycles. The Labute approximate surface area is 133 Å². The summed E-state index contributed by atoms with van der Waals surface area (Å²) < 4.78 is 41.4. The van der Waals surface area contributed by atoms with Crippen LogP contribution >= 0.6 is 0 Å². The number of benzene rings is 1. The normalized spacial score (nSPS) is 19.5. The molecule has 0 spiro atoms. The number of hydrogen-bond acceptors (Lipinski definition) is 3. The van der Waals surface area contributed by atoms with Crippen molar-refractivity contribution in [2.75, 3.05) is 20.1 Å². The molecule has 1 amide bonds. The van der Waals surface area contributed by atoms with Crippen molar-refractivity contribution < 1.29 is 17.6 Å². The molecule has 8 heteroatoms. The third kappa shape index (κ3) is 2.24. The Morgan fingerprint density at radius 3 is 2.65 bits per heavy atom. The number of aromatic nitrogens is 1. The molecule has 1 fully saturated rings. The van der Waals surface area contributed by atoms with Gasteiger partial charge in [-0.05, 0) is 26.0 Å². The van der Waals surface area contributed by atoms with E-state index in [-0.39, 0.29) is 22.7 Å². The molecule has 0 aliphatic carbocycles. The van der Waals surface area contributed by atoms with Crippen LogP contribution in [0.1, 0.15) is 13.8 Å². The van der Waals surface area contributed by atoms with Crippen LogP contribution in [0.4, 0.5) is 4.39 Å². The summed E-state index contributed by atoms with van der Waals surface area (Å²) in [7, 11) is -2.38. The summed E-state index contributed by atoms with van der Waals surface area (Å²) in [6, 6.07) is 4.33. The van der Waals surface area contributed by atoms with Gasteiger partial charge in [0.05, 0.1) is 5.39 Å². The van der Waals surface area contributed by atoms with Gasteiger partial charge in [-0.25, -0.2) is 12.8 Å². The molecule has 1 aliphatic heterocycles. The fraction of sp³-hybridized carbons (Fsp3) is 0.400. The zero-order valence-corrected chi connectivity index (χ0v) is 13.9. The van der Waals surface area contributed by atoms with Gasteiger partial charge in [0, 0.05) is 31.9 Å². The maximum atomic E-state index is 14.1. The highest BCUT2D eigenvalue weighted by Crippen LogP contribution is 2.33. The van der Waals surface area contributed by atoms with Gasteiger partial charge < -0.3 is 9.88 Å². The summed E-state index contributed by atoms with van der Waals surface area (Å²) in [5.41, 5.74) is -0.817. The van der Waals surface area contributed by atoms with E-state index in [0.717, 1.165) is 4.31 Å². The van der Waals surface area contributed by atoms with E-state index < -0.39 is 21.4 Å². The second-order valence-corrected chi connectivity index (χ2v) is 8.01. The third-order valence-electron chi connectivity index (χ3n) is 4.32. The minimum Gasteiger partial charge on any atom is -0.360 e. The van der Waals surface area contributed by atoms with E-state index in [4.69, 9.17) is 0 Å². The highest BCUT2D eigenvalue weighted by atomic mass is 32.2. The van der Waals surface area contributed by atoms with Crippen LogP contribution in [0.15, 0.2) is 29.3 Å². The molecular weight excluding hydrogens is 321 g/mol. The van der Waals surface area contributed by atoms with E-state index in [9.17, 15) is 17.6 Å². The molecule has 0 atom stereocenters. The number of nitrogens with zero attached hydrogens (tertiary/aromatic N) is 2. The van der Waals surface area contributed by atoms with Crippen molar-refractivity contribution in [3.8, 4) is 0 Å². The molecule has 0 saturated carbocycles. The Bertz CT molecular complexity index is 889. The molecule has 1 aliphatic rings. The molecule has 1 aromatic carbocycles. The Morgan fingerprint density at radius 1 is 1.26 bits per heavy atom. The fourth-order valence-corrected chi connectivity index (χ4v) is 4.96. The number of carbonyl (C=O) groups is 1. The lowest BCUT2D eigenvalue weighted by molar-refractivity contribution is -0.142. The number of nitrogens with one attached hydrogen (secondary N) is 1. The van der Waals surface area contributed by atoms with Crippen LogP contribution in [0, 0.1) is 5.82 Å². The Morgan fingerprint density at radius 2 is 1.96 bits per heavy atom. The molecule has 0 radical (unpaired) electrons. The molecule has 3 rings (SSSR count). The van der Waals surface area contributed by atoms with Gasteiger partial charge in [0.25, 0.3) is 0 Å². The largest absolute Gasteiger partial charge is 0.360 e. The lowest BCUT2D eigenvalue weighted by atomic mass is 10.0. The Hall–Kier alpha value is -1.93. The van der Waals surface area contributed by atoms with Crippen LogP contribution in [-0.4, -0.2) is 54.2 Å². The van der Waals surface area contributed by atoms with Crippen molar-refractivity contribution in [3.63, 3.8) is 0 Å². The van der Waals surface area contributed by atoms with Gasteiger partial charge >= 0.3 is 0 Å². The van der Waals surface area contributed by atoms with Crippen LogP contribution in [-0.2, 0) is 14.8 Å². The molecule has 0 unspecified atom stereocenters. The van der Waals surface area contributed by atoms with Gasteiger partial charge in [0.1, 0.15) is 16.3 Å². The maximum absolute atomic E-state index is 14.1. The standard InChI is InChI=1S/C15H18FN3O3S/c1-15(2)14(20)18(3)7-8-19(15)23(21,22)12-9-17-11-6-4-5-10(16)13(11)12/h4-6,9,17H,7-8H2,1-3H3. The summed E-state index contributed by atoms with van der Waals surface area (Å²) >= 11 is 0. The number of aromatic amines is 1. The van der Waals surface area contributed by atoms with Crippen LogP contribution in [0.5, 0.6) is 0 Å². The van der Waals surface area contributed by atoms with Gasteiger partial charge in [-0.3, -0.25) is 4.79 Å². The first kappa shape index (κ1) is 15.9. The number of rotatable bonds is 2. The summed E-state index contributed by atoms with van der Waals surface area (Å²) in [5, 5.41) is 0.0228. The van der Waals surface area contributed by atoms with E-state index in [2.05, 4.69) is 4.98 Å². The number of sulfonamides is 1. The van der Waals surface area contributed by atoms with E-state index in [1.54, 1.807) is 27.0 Å². The third-order valence-corrected chi connectivity index (χ3v) is 6.42.